The van der Waals surface area contributed by atoms with Gasteiger partial charge in [0.2, 0.25) is 0 Å². The number of rotatable bonds is 7. The van der Waals surface area contributed by atoms with E-state index < -0.39 is 11.0 Å². The molecule has 0 spiro atoms. The molecule has 1 N–H and O–H groups in total. The van der Waals surface area contributed by atoms with Gasteiger partial charge in [0.15, 0.2) is 0 Å². The number of aryl methyl sites for hydroxylation is 1. The average molecular weight is 368 g/mol. The molecule has 0 aliphatic heterocycles. The number of nitrogens with one attached hydrogen (secondary N) is 1. The van der Waals surface area contributed by atoms with Gasteiger partial charge < -0.3 is 9.72 Å². The fourth-order valence-corrected chi connectivity index (χ4v) is 3.05. The number of carbonyl (C=O) groups is 2. The number of hydrogen-bond donors (Lipinski definition) is 1. The summed E-state index contributed by atoms with van der Waals surface area (Å²) in [6.07, 6.45) is 0.589. The van der Waals surface area contributed by atoms with Crippen LogP contribution in [0.4, 0.5) is 0 Å². The zero-order valence-electron chi connectivity index (χ0n) is 14.3. The lowest BCUT2D eigenvalue weighted by Gasteiger charge is -2.09. The Hall–Kier alpha value is -2.85. The van der Waals surface area contributed by atoms with Crippen molar-refractivity contribution in [2.45, 2.75) is 13.3 Å². The molecule has 0 saturated heterocycles. The van der Waals surface area contributed by atoms with Crippen LogP contribution >= 0.6 is 11.6 Å². The molecule has 0 fully saturated rings. The van der Waals surface area contributed by atoms with Crippen molar-refractivity contribution in [1.82, 2.24) is 4.98 Å². The summed E-state index contributed by atoms with van der Waals surface area (Å²) in [6.45, 7) is 2.32. The third kappa shape index (κ3) is 3.86. The highest BCUT2D eigenvalue weighted by Crippen LogP contribution is 2.31. The zero-order chi connectivity index (χ0) is 18.5. The number of H-pyrrole nitrogens is 1. The van der Waals surface area contributed by atoms with Gasteiger partial charge in [0.05, 0.1) is 12.3 Å². The first kappa shape index (κ1) is 18.0. The number of hydrogen-bond acceptors (Lipinski definition) is 3. The third-order valence-electron chi connectivity index (χ3n) is 4.15. The summed E-state index contributed by atoms with van der Waals surface area (Å²) in [5, 5.41) is -1.00. The molecule has 0 amide bonds. The number of benzene rings is 2. The van der Waals surface area contributed by atoms with E-state index in [0.29, 0.717) is 18.6 Å². The van der Waals surface area contributed by atoms with Gasteiger partial charge >= 0.3 is 0 Å². The van der Waals surface area contributed by atoms with Crippen LogP contribution in [-0.2, 0) is 11.2 Å². The van der Waals surface area contributed by atoms with Gasteiger partial charge in [-0.25, -0.2) is 0 Å². The summed E-state index contributed by atoms with van der Waals surface area (Å²) in [5.41, 5.74) is 3.55. The first-order valence-corrected chi connectivity index (χ1v) is 8.64. The van der Waals surface area contributed by atoms with Gasteiger partial charge in [-0.15, -0.1) is 0 Å². The number of aromatic nitrogens is 1. The van der Waals surface area contributed by atoms with E-state index >= 15 is 0 Å². The Balaban J connectivity index is 1.93. The molecule has 0 bridgehead atoms. The lowest BCUT2D eigenvalue weighted by molar-refractivity contribution is -0.108. The molecule has 5 heteroatoms. The van der Waals surface area contributed by atoms with Crippen LogP contribution in [0.5, 0.6) is 5.75 Å². The zero-order valence-corrected chi connectivity index (χ0v) is 15.0. The molecule has 0 radical (unpaired) electrons. The second kappa shape index (κ2) is 8.02. The number of carbonyl (C=O) groups excluding carboxylic acids is 2. The molecule has 0 saturated carbocycles. The molecule has 0 atom stereocenters. The van der Waals surface area contributed by atoms with E-state index in [1.165, 1.54) is 0 Å². The third-order valence-corrected chi connectivity index (χ3v) is 4.32. The van der Waals surface area contributed by atoms with Gasteiger partial charge in [0.25, 0.3) is 11.0 Å². The molecular formula is C21H18ClNO3. The minimum atomic E-state index is -1.00. The van der Waals surface area contributed by atoms with Gasteiger partial charge in [-0.3, -0.25) is 9.59 Å². The number of Topliss-reactive ketones (excluding diaryl/α,β-unsaturated/α-hetero) is 1. The molecule has 3 aromatic rings. The van der Waals surface area contributed by atoms with Crippen molar-refractivity contribution in [3.8, 4) is 16.9 Å². The van der Waals surface area contributed by atoms with Crippen LogP contribution in [0.25, 0.3) is 11.1 Å². The molecule has 1 aromatic heterocycles. The standard InChI is InChI=1S/C21H18ClNO3/c1-14-17(12-13-26-16-10-6-3-7-11-16)18(15-8-4-2-5-9-15)19(23-14)20(24)21(22)25/h2-11,23H,12-13H2,1H3. The molecule has 1 heterocycles. The second-order valence-electron chi connectivity index (χ2n) is 5.86. The first-order chi connectivity index (χ1) is 12.6. The Bertz CT molecular complexity index is 917. The van der Waals surface area contributed by atoms with Gasteiger partial charge in [0, 0.05) is 17.7 Å². The molecule has 4 nitrogen and oxygen atoms in total. The van der Waals surface area contributed by atoms with Crippen LogP contribution in [0.1, 0.15) is 21.7 Å². The van der Waals surface area contributed by atoms with Gasteiger partial charge in [0.1, 0.15) is 5.75 Å². The molecule has 2 aromatic carbocycles. The number of para-hydroxylation sites is 1. The van der Waals surface area contributed by atoms with Crippen molar-refractivity contribution in [3.63, 3.8) is 0 Å². The summed E-state index contributed by atoms with van der Waals surface area (Å²) < 4.78 is 5.78. The van der Waals surface area contributed by atoms with E-state index in [2.05, 4.69) is 4.98 Å². The van der Waals surface area contributed by atoms with E-state index in [1.54, 1.807) is 0 Å². The van der Waals surface area contributed by atoms with Gasteiger partial charge in [-0.2, -0.15) is 0 Å². The summed E-state index contributed by atoms with van der Waals surface area (Å²) in [6, 6.07) is 19.0. The second-order valence-corrected chi connectivity index (χ2v) is 6.20. The maximum Gasteiger partial charge on any atom is 0.294 e. The predicted molar refractivity (Wildman–Crippen MR) is 102 cm³/mol. The molecule has 0 aliphatic carbocycles. The SMILES string of the molecule is Cc1[nH]c(C(=O)C(=O)Cl)c(-c2ccccc2)c1CCOc1ccccc1. The predicted octanol–water partition coefficient (Wildman–Crippen LogP) is 4.56. The van der Waals surface area contributed by atoms with Crippen LogP contribution in [-0.4, -0.2) is 22.6 Å². The number of halogens is 1. The molecule has 3 rings (SSSR count). The van der Waals surface area contributed by atoms with E-state index in [4.69, 9.17) is 16.3 Å². The summed E-state index contributed by atoms with van der Waals surface area (Å²) >= 11 is 5.44. The van der Waals surface area contributed by atoms with Crippen molar-refractivity contribution in [3.05, 3.63) is 77.6 Å². The Morgan fingerprint density at radius 2 is 1.62 bits per heavy atom. The first-order valence-electron chi connectivity index (χ1n) is 8.26. The maximum absolute atomic E-state index is 12.3. The van der Waals surface area contributed by atoms with Gasteiger partial charge in [-0.05, 0) is 41.8 Å². The summed E-state index contributed by atoms with van der Waals surface area (Å²) in [4.78, 5) is 26.7. The normalized spacial score (nSPS) is 10.5. The molecular weight excluding hydrogens is 350 g/mol. The lowest BCUT2D eigenvalue weighted by atomic mass is 9.97. The van der Waals surface area contributed by atoms with E-state index in [9.17, 15) is 9.59 Å². The van der Waals surface area contributed by atoms with Crippen molar-refractivity contribution in [2.24, 2.45) is 0 Å². The largest absolute Gasteiger partial charge is 0.493 e. The highest BCUT2D eigenvalue weighted by Gasteiger charge is 2.25. The Labute approximate surface area is 156 Å². The monoisotopic (exact) mass is 367 g/mol. The van der Waals surface area contributed by atoms with Crippen molar-refractivity contribution in [2.75, 3.05) is 6.61 Å². The number of aromatic amines is 1. The minimum absolute atomic E-state index is 0.225. The van der Waals surface area contributed by atoms with Crippen LogP contribution in [0.3, 0.4) is 0 Å². The maximum atomic E-state index is 12.3. The lowest BCUT2D eigenvalue weighted by Crippen LogP contribution is -2.09. The van der Waals surface area contributed by atoms with Crippen molar-refractivity contribution in [1.29, 1.82) is 0 Å². The minimum Gasteiger partial charge on any atom is -0.493 e. The van der Waals surface area contributed by atoms with Crippen LogP contribution < -0.4 is 4.74 Å². The molecule has 26 heavy (non-hydrogen) atoms. The Morgan fingerprint density at radius 1 is 1.00 bits per heavy atom. The fraction of sp³-hybridized carbons (Fsp3) is 0.143. The Kier molecular flexibility index (Phi) is 5.54. The Morgan fingerprint density at radius 3 is 2.23 bits per heavy atom. The smallest absolute Gasteiger partial charge is 0.294 e. The molecule has 132 valence electrons. The van der Waals surface area contributed by atoms with Crippen molar-refractivity contribution >= 4 is 22.6 Å². The van der Waals surface area contributed by atoms with E-state index in [0.717, 1.165) is 22.6 Å². The highest BCUT2D eigenvalue weighted by molar-refractivity contribution is 6.83. The average Bonchev–Trinajstić information content (AvgIpc) is 2.99. The van der Waals surface area contributed by atoms with Crippen LogP contribution in [0.2, 0.25) is 0 Å². The molecule has 0 unspecified atom stereocenters. The number of ether oxygens (including phenoxy) is 1. The van der Waals surface area contributed by atoms with Crippen molar-refractivity contribution < 1.29 is 14.3 Å². The topological polar surface area (TPSA) is 59.2 Å². The number of ketones is 1. The summed E-state index contributed by atoms with van der Waals surface area (Å²) in [5.74, 6) is 0.0537. The van der Waals surface area contributed by atoms with E-state index in [-0.39, 0.29) is 5.69 Å². The highest BCUT2D eigenvalue weighted by atomic mass is 35.5. The summed E-state index contributed by atoms with van der Waals surface area (Å²) in [7, 11) is 0. The van der Waals surface area contributed by atoms with Gasteiger partial charge in [-0.1, -0.05) is 48.5 Å². The fourth-order valence-electron chi connectivity index (χ4n) is 2.96. The quantitative estimate of drug-likeness (QED) is 0.378. The molecule has 0 aliphatic rings. The van der Waals surface area contributed by atoms with E-state index in [1.807, 2.05) is 67.6 Å². The van der Waals surface area contributed by atoms with Crippen LogP contribution in [0, 0.1) is 6.92 Å². The van der Waals surface area contributed by atoms with Crippen LogP contribution in [0.15, 0.2) is 60.7 Å².